The van der Waals surface area contributed by atoms with Crippen molar-refractivity contribution in [2.24, 2.45) is 11.8 Å². The topological polar surface area (TPSA) is 95.9 Å². The maximum atomic E-state index is 12.9. The lowest BCUT2D eigenvalue weighted by molar-refractivity contribution is -0.150. The van der Waals surface area contributed by atoms with Crippen LogP contribution >= 0.6 is 0 Å². The smallest absolute Gasteiger partial charge is 0.407 e. The standard InChI is InChI=1S/C27H32N2O5/c1-17(25(30)29-15-7-12-19(18(29)2)26(31)32)13-14-28-27(33)34-16-24-22-10-5-3-8-20(22)21-9-4-6-11-23(21)24/h3-6,8-11,17-19,24H,7,12-16H2,1-2H3,(H,28,33)(H,31,32)/t17?,18-,19-/m0/s1. The third-order valence-corrected chi connectivity index (χ3v) is 7.20. The Labute approximate surface area is 200 Å². The molecule has 0 aromatic heterocycles. The molecule has 1 fully saturated rings. The normalized spacial score (nSPS) is 20.2. The van der Waals surface area contributed by atoms with Gasteiger partial charge in [0, 0.05) is 31.0 Å². The van der Waals surface area contributed by atoms with Gasteiger partial charge in [0.05, 0.1) is 5.92 Å². The molecule has 0 saturated carbocycles. The van der Waals surface area contributed by atoms with Gasteiger partial charge in [-0.1, -0.05) is 55.5 Å². The number of benzene rings is 2. The van der Waals surface area contributed by atoms with E-state index in [1.165, 1.54) is 11.1 Å². The van der Waals surface area contributed by atoms with Crippen LogP contribution in [0.3, 0.4) is 0 Å². The highest BCUT2D eigenvalue weighted by atomic mass is 16.5. The number of rotatable bonds is 7. The van der Waals surface area contributed by atoms with Crippen LogP contribution in [0, 0.1) is 11.8 Å². The van der Waals surface area contributed by atoms with Gasteiger partial charge in [0.1, 0.15) is 6.61 Å². The first-order valence-electron chi connectivity index (χ1n) is 12.0. The number of piperidine rings is 1. The van der Waals surface area contributed by atoms with Gasteiger partial charge in [-0.15, -0.1) is 0 Å². The Morgan fingerprint density at radius 2 is 1.71 bits per heavy atom. The molecule has 1 saturated heterocycles. The Bertz CT molecular complexity index is 1020. The van der Waals surface area contributed by atoms with E-state index in [1.54, 1.807) is 11.8 Å². The molecule has 0 radical (unpaired) electrons. The number of carbonyl (C=O) groups excluding carboxylic acids is 2. The number of hydrogen-bond donors (Lipinski definition) is 2. The number of carbonyl (C=O) groups is 3. The van der Waals surface area contributed by atoms with E-state index in [0.717, 1.165) is 11.1 Å². The molecule has 0 spiro atoms. The van der Waals surface area contributed by atoms with E-state index in [1.807, 2.05) is 31.2 Å². The quantitative estimate of drug-likeness (QED) is 0.638. The molecular formula is C27H32N2O5. The third kappa shape index (κ3) is 4.79. The second-order valence-electron chi connectivity index (χ2n) is 9.30. The van der Waals surface area contributed by atoms with E-state index in [9.17, 15) is 19.5 Å². The maximum Gasteiger partial charge on any atom is 0.407 e. The SMILES string of the molecule is CC(CCNC(=O)OCC1c2ccccc2-c2ccccc21)C(=O)N1CCC[C@H](C(=O)O)[C@@H]1C. The molecule has 1 heterocycles. The number of nitrogens with zero attached hydrogens (tertiary/aromatic N) is 1. The average molecular weight is 465 g/mol. The number of aliphatic carboxylic acids is 1. The fourth-order valence-electron chi connectivity index (χ4n) is 5.23. The molecule has 1 aliphatic heterocycles. The summed E-state index contributed by atoms with van der Waals surface area (Å²) >= 11 is 0. The molecule has 34 heavy (non-hydrogen) atoms. The summed E-state index contributed by atoms with van der Waals surface area (Å²) in [5.41, 5.74) is 4.67. The Morgan fingerprint density at radius 3 is 2.32 bits per heavy atom. The number of fused-ring (bicyclic) bond motifs is 3. The van der Waals surface area contributed by atoms with Crippen molar-refractivity contribution >= 4 is 18.0 Å². The Hall–Kier alpha value is -3.35. The van der Waals surface area contributed by atoms with Crippen molar-refractivity contribution in [2.75, 3.05) is 19.7 Å². The predicted molar refractivity (Wildman–Crippen MR) is 128 cm³/mol. The van der Waals surface area contributed by atoms with Crippen molar-refractivity contribution in [3.05, 3.63) is 59.7 Å². The first-order chi connectivity index (χ1) is 16.4. The van der Waals surface area contributed by atoms with Gasteiger partial charge in [0.2, 0.25) is 5.91 Å². The zero-order valence-corrected chi connectivity index (χ0v) is 19.7. The zero-order valence-electron chi connectivity index (χ0n) is 19.7. The lowest BCUT2D eigenvalue weighted by atomic mass is 9.89. The van der Waals surface area contributed by atoms with Gasteiger partial charge < -0.3 is 20.1 Å². The zero-order chi connectivity index (χ0) is 24.2. The summed E-state index contributed by atoms with van der Waals surface area (Å²) in [5.74, 6) is -1.75. The minimum absolute atomic E-state index is 0.00132. The minimum Gasteiger partial charge on any atom is -0.481 e. The van der Waals surface area contributed by atoms with Crippen molar-refractivity contribution < 1.29 is 24.2 Å². The van der Waals surface area contributed by atoms with E-state index in [0.29, 0.717) is 32.4 Å². The molecule has 1 aliphatic carbocycles. The van der Waals surface area contributed by atoms with Crippen LogP contribution in [0.15, 0.2) is 48.5 Å². The van der Waals surface area contributed by atoms with Gasteiger partial charge in [-0.05, 0) is 48.4 Å². The number of carboxylic acids is 1. The van der Waals surface area contributed by atoms with E-state index < -0.39 is 18.0 Å². The molecule has 2 aromatic carbocycles. The molecular weight excluding hydrogens is 432 g/mol. The van der Waals surface area contributed by atoms with Crippen molar-refractivity contribution in [3.8, 4) is 11.1 Å². The molecule has 2 aliphatic rings. The Morgan fingerprint density at radius 1 is 1.09 bits per heavy atom. The van der Waals surface area contributed by atoms with Crippen LogP contribution in [0.5, 0.6) is 0 Å². The lowest BCUT2D eigenvalue weighted by Crippen LogP contribution is -2.51. The van der Waals surface area contributed by atoms with Crippen LogP contribution in [0.2, 0.25) is 0 Å². The summed E-state index contributed by atoms with van der Waals surface area (Å²) < 4.78 is 5.55. The second kappa shape index (κ2) is 10.3. The molecule has 2 aromatic rings. The number of alkyl carbamates (subject to hydrolysis) is 1. The van der Waals surface area contributed by atoms with Gasteiger partial charge in [-0.3, -0.25) is 9.59 Å². The molecule has 7 heteroatoms. The Balaban J connectivity index is 1.26. The third-order valence-electron chi connectivity index (χ3n) is 7.20. The summed E-state index contributed by atoms with van der Waals surface area (Å²) in [6, 6.07) is 16.0. The maximum absolute atomic E-state index is 12.9. The molecule has 2 N–H and O–H groups in total. The lowest BCUT2D eigenvalue weighted by Gasteiger charge is -2.38. The van der Waals surface area contributed by atoms with E-state index in [4.69, 9.17) is 4.74 Å². The van der Waals surface area contributed by atoms with Crippen molar-refractivity contribution in [2.45, 2.75) is 45.1 Å². The van der Waals surface area contributed by atoms with Gasteiger partial charge in [0.25, 0.3) is 0 Å². The van der Waals surface area contributed by atoms with E-state index in [-0.39, 0.29) is 30.4 Å². The fourth-order valence-corrected chi connectivity index (χ4v) is 5.23. The minimum atomic E-state index is -0.852. The summed E-state index contributed by atoms with van der Waals surface area (Å²) in [5, 5.41) is 12.1. The molecule has 7 nitrogen and oxygen atoms in total. The average Bonchev–Trinajstić information content (AvgIpc) is 3.16. The van der Waals surface area contributed by atoms with Gasteiger partial charge in [-0.25, -0.2) is 4.79 Å². The molecule has 4 rings (SSSR count). The first-order valence-corrected chi connectivity index (χ1v) is 12.0. The number of ether oxygens (including phenoxy) is 1. The predicted octanol–water partition coefficient (Wildman–Crippen LogP) is 4.26. The number of likely N-dealkylation sites (tertiary alicyclic amines) is 1. The van der Waals surface area contributed by atoms with Gasteiger partial charge in [0.15, 0.2) is 0 Å². The fraction of sp³-hybridized carbons (Fsp3) is 0.444. The highest BCUT2D eigenvalue weighted by Crippen LogP contribution is 2.44. The van der Waals surface area contributed by atoms with Crippen LogP contribution in [-0.2, 0) is 14.3 Å². The summed E-state index contributed by atoms with van der Waals surface area (Å²) in [6.45, 7) is 4.76. The largest absolute Gasteiger partial charge is 0.481 e. The van der Waals surface area contributed by atoms with Crippen LogP contribution in [0.4, 0.5) is 4.79 Å². The highest BCUT2D eigenvalue weighted by molar-refractivity contribution is 5.81. The number of nitrogens with one attached hydrogen (secondary N) is 1. The second-order valence-corrected chi connectivity index (χ2v) is 9.30. The van der Waals surface area contributed by atoms with Gasteiger partial charge >= 0.3 is 12.1 Å². The van der Waals surface area contributed by atoms with E-state index in [2.05, 4.69) is 29.6 Å². The number of amides is 2. The molecule has 3 atom stereocenters. The van der Waals surface area contributed by atoms with Crippen LogP contribution in [-0.4, -0.2) is 53.7 Å². The number of carboxylic acid groups (broad SMARTS) is 1. The van der Waals surface area contributed by atoms with Crippen LogP contribution in [0.25, 0.3) is 11.1 Å². The monoisotopic (exact) mass is 464 g/mol. The van der Waals surface area contributed by atoms with Crippen molar-refractivity contribution in [1.82, 2.24) is 10.2 Å². The molecule has 0 bridgehead atoms. The Kier molecular flexibility index (Phi) is 7.20. The number of hydrogen-bond acceptors (Lipinski definition) is 4. The van der Waals surface area contributed by atoms with Crippen LogP contribution in [0.1, 0.15) is 50.2 Å². The molecule has 180 valence electrons. The summed E-state index contributed by atoms with van der Waals surface area (Å²) in [4.78, 5) is 38.4. The highest BCUT2D eigenvalue weighted by Gasteiger charge is 2.36. The van der Waals surface area contributed by atoms with Crippen molar-refractivity contribution in [1.29, 1.82) is 0 Å². The van der Waals surface area contributed by atoms with Crippen LogP contribution < -0.4 is 5.32 Å². The molecule has 1 unspecified atom stereocenters. The first kappa shape index (κ1) is 23.8. The summed E-state index contributed by atoms with van der Waals surface area (Å²) in [6.07, 6.45) is 1.25. The van der Waals surface area contributed by atoms with E-state index >= 15 is 0 Å². The van der Waals surface area contributed by atoms with Crippen molar-refractivity contribution in [3.63, 3.8) is 0 Å². The molecule has 2 amide bonds. The van der Waals surface area contributed by atoms with Gasteiger partial charge in [-0.2, -0.15) is 0 Å². The summed E-state index contributed by atoms with van der Waals surface area (Å²) in [7, 11) is 0.